The van der Waals surface area contributed by atoms with Crippen LogP contribution in [0.15, 0.2) is 36.4 Å². The lowest BCUT2D eigenvalue weighted by Crippen LogP contribution is -2.40. The molecule has 2 aromatic rings. The minimum absolute atomic E-state index is 0.0910. The topological polar surface area (TPSA) is 46.2 Å². The standard InChI is InChI=1S/C16H20FNOS/c1-2-14-6-7-15(20-14)9-16(10-18,11-19)12-4-3-5-13(17)8-12/h3-8,19H,2,9-11,18H2,1H3. The Morgan fingerprint density at radius 1 is 1.25 bits per heavy atom. The van der Waals surface area contributed by atoms with Crippen molar-refractivity contribution < 1.29 is 9.50 Å². The van der Waals surface area contributed by atoms with Crippen LogP contribution in [0.25, 0.3) is 0 Å². The van der Waals surface area contributed by atoms with Gasteiger partial charge in [0.25, 0.3) is 0 Å². The summed E-state index contributed by atoms with van der Waals surface area (Å²) in [6, 6.07) is 10.5. The Labute approximate surface area is 123 Å². The SMILES string of the molecule is CCc1ccc(CC(CN)(CO)c2cccc(F)c2)s1. The molecule has 0 fully saturated rings. The highest BCUT2D eigenvalue weighted by atomic mass is 32.1. The number of thiophene rings is 1. The van der Waals surface area contributed by atoms with Crippen molar-refractivity contribution in [1.29, 1.82) is 0 Å². The average molecular weight is 293 g/mol. The second kappa shape index (κ2) is 6.48. The molecule has 0 radical (unpaired) electrons. The number of hydrogen-bond donors (Lipinski definition) is 2. The molecule has 0 bridgehead atoms. The lowest BCUT2D eigenvalue weighted by Gasteiger charge is -2.30. The summed E-state index contributed by atoms with van der Waals surface area (Å²) in [5, 5.41) is 9.85. The number of aliphatic hydroxyl groups excluding tert-OH is 1. The van der Waals surface area contributed by atoms with Gasteiger partial charge in [0.05, 0.1) is 6.61 Å². The Morgan fingerprint density at radius 2 is 2.00 bits per heavy atom. The molecule has 1 atom stereocenters. The minimum atomic E-state index is -0.613. The van der Waals surface area contributed by atoms with Gasteiger partial charge >= 0.3 is 0 Å². The van der Waals surface area contributed by atoms with Gasteiger partial charge < -0.3 is 10.8 Å². The Morgan fingerprint density at radius 3 is 2.55 bits per heavy atom. The first-order chi connectivity index (χ1) is 9.63. The zero-order chi connectivity index (χ0) is 14.6. The molecule has 2 rings (SSSR count). The van der Waals surface area contributed by atoms with E-state index in [1.165, 1.54) is 21.9 Å². The van der Waals surface area contributed by atoms with Gasteiger partial charge in [0.2, 0.25) is 0 Å². The van der Waals surface area contributed by atoms with Gasteiger partial charge in [-0.1, -0.05) is 19.1 Å². The predicted molar refractivity (Wildman–Crippen MR) is 81.6 cm³/mol. The highest BCUT2D eigenvalue weighted by Gasteiger charge is 2.31. The molecule has 1 heterocycles. The van der Waals surface area contributed by atoms with E-state index in [4.69, 9.17) is 5.73 Å². The van der Waals surface area contributed by atoms with E-state index in [1.807, 2.05) is 6.07 Å². The van der Waals surface area contributed by atoms with E-state index in [1.54, 1.807) is 17.4 Å². The van der Waals surface area contributed by atoms with Gasteiger partial charge in [0, 0.05) is 21.7 Å². The highest BCUT2D eigenvalue weighted by Crippen LogP contribution is 2.31. The normalized spacial score (nSPS) is 14.2. The van der Waals surface area contributed by atoms with E-state index < -0.39 is 5.41 Å². The van der Waals surface area contributed by atoms with Crippen molar-refractivity contribution in [3.05, 3.63) is 57.5 Å². The fourth-order valence-electron chi connectivity index (χ4n) is 2.36. The molecular formula is C16H20FNOS. The van der Waals surface area contributed by atoms with Gasteiger partial charge in [-0.2, -0.15) is 0 Å². The number of nitrogens with two attached hydrogens (primary N) is 1. The van der Waals surface area contributed by atoms with E-state index in [9.17, 15) is 9.50 Å². The number of benzene rings is 1. The second-order valence-electron chi connectivity index (χ2n) is 5.05. The van der Waals surface area contributed by atoms with Gasteiger partial charge in [-0.3, -0.25) is 0 Å². The second-order valence-corrected chi connectivity index (χ2v) is 6.30. The maximum atomic E-state index is 13.4. The lowest BCUT2D eigenvalue weighted by atomic mass is 9.78. The molecule has 1 aromatic heterocycles. The number of hydrogen-bond acceptors (Lipinski definition) is 3. The smallest absolute Gasteiger partial charge is 0.123 e. The molecule has 3 N–H and O–H groups in total. The fraction of sp³-hybridized carbons (Fsp3) is 0.375. The maximum Gasteiger partial charge on any atom is 0.123 e. The van der Waals surface area contributed by atoms with Crippen LogP contribution in [-0.4, -0.2) is 18.3 Å². The molecule has 2 nitrogen and oxygen atoms in total. The van der Waals surface area contributed by atoms with Crippen molar-refractivity contribution in [2.45, 2.75) is 25.2 Å². The van der Waals surface area contributed by atoms with Crippen LogP contribution in [0.4, 0.5) is 4.39 Å². The monoisotopic (exact) mass is 293 g/mol. The van der Waals surface area contributed by atoms with Gasteiger partial charge in [0.15, 0.2) is 0 Å². The third kappa shape index (κ3) is 3.08. The van der Waals surface area contributed by atoms with Crippen molar-refractivity contribution in [2.24, 2.45) is 5.73 Å². The molecule has 1 unspecified atom stereocenters. The van der Waals surface area contributed by atoms with Crippen LogP contribution in [0.3, 0.4) is 0 Å². The molecular weight excluding hydrogens is 273 g/mol. The summed E-state index contributed by atoms with van der Waals surface area (Å²) < 4.78 is 13.4. The van der Waals surface area contributed by atoms with Crippen LogP contribution in [-0.2, 0) is 18.3 Å². The van der Waals surface area contributed by atoms with Gasteiger partial charge in [-0.25, -0.2) is 4.39 Å². The largest absolute Gasteiger partial charge is 0.395 e. The van der Waals surface area contributed by atoms with Crippen molar-refractivity contribution in [2.75, 3.05) is 13.2 Å². The van der Waals surface area contributed by atoms with Crippen LogP contribution in [0, 0.1) is 5.82 Å². The summed E-state index contributed by atoms with van der Waals surface area (Å²) in [7, 11) is 0. The van der Waals surface area contributed by atoms with Crippen molar-refractivity contribution in [1.82, 2.24) is 0 Å². The van der Waals surface area contributed by atoms with E-state index in [-0.39, 0.29) is 19.0 Å². The molecule has 0 aliphatic carbocycles. The quantitative estimate of drug-likeness (QED) is 0.860. The molecule has 0 amide bonds. The molecule has 0 spiro atoms. The minimum Gasteiger partial charge on any atom is -0.395 e. The predicted octanol–water partition coefficient (Wildman–Crippen LogP) is 2.88. The lowest BCUT2D eigenvalue weighted by molar-refractivity contribution is 0.196. The fourth-order valence-corrected chi connectivity index (χ4v) is 3.46. The Kier molecular flexibility index (Phi) is 4.91. The van der Waals surface area contributed by atoms with Crippen LogP contribution in [0.2, 0.25) is 0 Å². The van der Waals surface area contributed by atoms with Crippen molar-refractivity contribution in [3.8, 4) is 0 Å². The number of aliphatic hydroxyl groups is 1. The molecule has 108 valence electrons. The van der Waals surface area contributed by atoms with Gasteiger partial charge in [-0.15, -0.1) is 11.3 Å². The van der Waals surface area contributed by atoms with Crippen LogP contribution in [0.5, 0.6) is 0 Å². The third-order valence-electron chi connectivity index (χ3n) is 3.71. The summed E-state index contributed by atoms with van der Waals surface area (Å²) in [6.45, 7) is 2.31. The zero-order valence-corrected chi connectivity index (χ0v) is 12.4. The molecule has 0 saturated heterocycles. The van der Waals surface area contributed by atoms with Crippen molar-refractivity contribution in [3.63, 3.8) is 0 Å². The van der Waals surface area contributed by atoms with Crippen LogP contribution < -0.4 is 5.73 Å². The zero-order valence-electron chi connectivity index (χ0n) is 11.6. The first-order valence-electron chi connectivity index (χ1n) is 6.78. The van der Waals surface area contributed by atoms with Crippen LogP contribution in [0.1, 0.15) is 22.2 Å². The first-order valence-corrected chi connectivity index (χ1v) is 7.60. The molecule has 1 aromatic carbocycles. The first kappa shape index (κ1) is 15.2. The number of halogens is 1. The van der Waals surface area contributed by atoms with Gasteiger partial charge in [0.1, 0.15) is 5.82 Å². The summed E-state index contributed by atoms with van der Waals surface area (Å²) in [4.78, 5) is 2.48. The van der Waals surface area contributed by atoms with Gasteiger partial charge in [-0.05, 0) is 42.7 Å². The molecule has 0 aliphatic rings. The number of aryl methyl sites for hydroxylation is 1. The Balaban J connectivity index is 2.33. The number of rotatable bonds is 6. The summed E-state index contributed by atoms with van der Waals surface area (Å²) in [5.74, 6) is -0.297. The van der Waals surface area contributed by atoms with E-state index in [2.05, 4.69) is 19.1 Å². The Bertz CT molecular complexity index is 563. The highest BCUT2D eigenvalue weighted by molar-refractivity contribution is 7.12. The maximum absolute atomic E-state index is 13.4. The van der Waals surface area contributed by atoms with E-state index in [0.29, 0.717) is 6.42 Å². The van der Waals surface area contributed by atoms with E-state index >= 15 is 0 Å². The summed E-state index contributed by atoms with van der Waals surface area (Å²) >= 11 is 1.73. The van der Waals surface area contributed by atoms with E-state index in [0.717, 1.165) is 12.0 Å². The van der Waals surface area contributed by atoms with Crippen LogP contribution >= 0.6 is 11.3 Å². The molecule has 0 aliphatic heterocycles. The third-order valence-corrected chi connectivity index (χ3v) is 4.94. The van der Waals surface area contributed by atoms with Crippen molar-refractivity contribution >= 4 is 11.3 Å². The average Bonchev–Trinajstić information content (AvgIpc) is 2.92. The summed E-state index contributed by atoms with van der Waals surface area (Å²) in [5.41, 5.74) is 6.05. The molecule has 4 heteroatoms. The summed E-state index contributed by atoms with van der Waals surface area (Å²) in [6.07, 6.45) is 1.63. The molecule has 20 heavy (non-hydrogen) atoms. The molecule has 0 saturated carbocycles. The Hall–Kier alpha value is -1.23.